The zero-order valence-corrected chi connectivity index (χ0v) is 18.8. The fourth-order valence-corrected chi connectivity index (χ4v) is 3.95. The number of nitrogens with one attached hydrogen (secondary N) is 2. The summed E-state index contributed by atoms with van der Waals surface area (Å²) in [5.74, 6) is 0.184. The van der Waals surface area contributed by atoms with E-state index < -0.39 is 24.2 Å². The molecule has 0 saturated heterocycles. The second-order valence-corrected chi connectivity index (χ2v) is 8.37. The Morgan fingerprint density at radius 3 is 2.55 bits per heavy atom. The fraction of sp³-hybridized carbons (Fsp3) is 0.273. The van der Waals surface area contributed by atoms with Gasteiger partial charge in [0, 0.05) is 19.0 Å². The quantitative estimate of drug-likeness (QED) is 0.467. The Labute approximate surface area is 197 Å². The molecule has 2 aromatic carbocycles. The highest BCUT2D eigenvalue weighted by molar-refractivity contribution is 6.42. The van der Waals surface area contributed by atoms with Crippen LogP contribution in [-0.2, 0) is 6.54 Å². The number of hydrogen-bond acceptors (Lipinski definition) is 4. The van der Waals surface area contributed by atoms with Gasteiger partial charge in [0.2, 0.25) is 0 Å². The van der Waals surface area contributed by atoms with E-state index in [2.05, 4.69) is 15.7 Å². The number of methoxy groups -OCH3 is 1. The van der Waals surface area contributed by atoms with E-state index in [1.807, 2.05) is 0 Å². The summed E-state index contributed by atoms with van der Waals surface area (Å²) in [6.07, 6.45) is -4.88. The van der Waals surface area contributed by atoms with Crippen molar-refractivity contribution in [3.05, 3.63) is 75.4 Å². The van der Waals surface area contributed by atoms with Crippen LogP contribution in [0.4, 0.5) is 19.0 Å². The van der Waals surface area contributed by atoms with Crippen LogP contribution in [0.25, 0.3) is 0 Å². The number of carbonyl (C=O) groups is 1. The SMILES string of the molecule is COc1ccc(CNC(=O)c2cc3n(n2)[C@H](C(F)(F)F)C[C@H](c2ccc(Cl)c(Cl)c2)N3)cc1. The van der Waals surface area contributed by atoms with Gasteiger partial charge >= 0.3 is 6.18 Å². The van der Waals surface area contributed by atoms with Crippen LogP contribution in [0.1, 0.15) is 40.1 Å². The number of benzene rings is 2. The first-order valence-electron chi connectivity index (χ1n) is 9.94. The molecule has 0 spiro atoms. The van der Waals surface area contributed by atoms with Crippen LogP contribution < -0.4 is 15.4 Å². The molecular formula is C22H19Cl2F3N4O2. The minimum absolute atomic E-state index is 0.0919. The Morgan fingerprint density at radius 2 is 1.91 bits per heavy atom. The smallest absolute Gasteiger partial charge is 0.410 e. The van der Waals surface area contributed by atoms with Crippen LogP contribution in [0.5, 0.6) is 5.75 Å². The lowest BCUT2D eigenvalue weighted by molar-refractivity contribution is -0.173. The highest BCUT2D eigenvalue weighted by Crippen LogP contribution is 2.44. The molecule has 0 saturated carbocycles. The zero-order valence-electron chi connectivity index (χ0n) is 17.3. The van der Waals surface area contributed by atoms with Crippen LogP contribution in [0, 0.1) is 0 Å². The molecule has 6 nitrogen and oxygen atoms in total. The first kappa shape index (κ1) is 23.3. The number of halogens is 5. The molecule has 2 heterocycles. The van der Waals surface area contributed by atoms with Crippen molar-refractivity contribution in [1.82, 2.24) is 15.1 Å². The highest BCUT2D eigenvalue weighted by Gasteiger charge is 2.46. The fourth-order valence-electron chi connectivity index (χ4n) is 3.65. The Balaban J connectivity index is 1.55. The van der Waals surface area contributed by atoms with E-state index in [1.165, 1.54) is 18.2 Å². The minimum Gasteiger partial charge on any atom is -0.497 e. The molecule has 0 bridgehead atoms. The van der Waals surface area contributed by atoms with Crippen LogP contribution in [0.3, 0.4) is 0 Å². The number of anilines is 1. The molecule has 1 amide bonds. The first-order chi connectivity index (χ1) is 15.7. The van der Waals surface area contributed by atoms with Gasteiger partial charge in [-0.1, -0.05) is 41.4 Å². The summed E-state index contributed by atoms with van der Waals surface area (Å²) in [5, 5.41) is 10.2. The lowest BCUT2D eigenvalue weighted by Gasteiger charge is -2.33. The second kappa shape index (κ2) is 9.15. The van der Waals surface area contributed by atoms with E-state index in [0.717, 1.165) is 10.2 Å². The van der Waals surface area contributed by atoms with Crippen molar-refractivity contribution < 1.29 is 22.7 Å². The molecule has 174 valence electrons. The third-order valence-corrected chi connectivity index (χ3v) is 6.12. The van der Waals surface area contributed by atoms with Crippen LogP contribution in [0.15, 0.2) is 48.5 Å². The van der Waals surface area contributed by atoms with E-state index in [1.54, 1.807) is 37.4 Å². The van der Waals surface area contributed by atoms with Gasteiger partial charge in [0.1, 0.15) is 11.6 Å². The van der Waals surface area contributed by atoms with Crippen molar-refractivity contribution in [2.75, 3.05) is 12.4 Å². The summed E-state index contributed by atoms with van der Waals surface area (Å²) < 4.78 is 47.4. The zero-order chi connectivity index (χ0) is 23.8. The van der Waals surface area contributed by atoms with Crippen molar-refractivity contribution in [2.24, 2.45) is 0 Å². The van der Waals surface area contributed by atoms with Gasteiger partial charge in [0.25, 0.3) is 5.91 Å². The average molecular weight is 499 g/mol. The molecule has 0 unspecified atom stereocenters. The number of alkyl halides is 3. The summed E-state index contributed by atoms with van der Waals surface area (Å²) in [7, 11) is 1.55. The number of nitrogens with zero attached hydrogens (tertiary/aromatic N) is 2. The van der Waals surface area contributed by atoms with Gasteiger partial charge in [-0.2, -0.15) is 18.3 Å². The first-order valence-corrected chi connectivity index (χ1v) is 10.7. The molecule has 0 fully saturated rings. The molecule has 2 N–H and O–H groups in total. The molecule has 1 aliphatic rings. The number of hydrogen-bond donors (Lipinski definition) is 2. The molecule has 1 aromatic heterocycles. The molecule has 3 aromatic rings. The predicted octanol–water partition coefficient (Wildman–Crippen LogP) is 5.79. The van der Waals surface area contributed by atoms with Crippen molar-refractivity contribution in [3.63, 3.8) is 0 Å². The van der Waals surface area contributed by atoms with E-state index in [-0.39, 0.29) is 29.5 Å². The van der Waals surface area contributed by atoms with Gasteiger partial charge in [-0.15, -0.1) is 0 Å². The summed E-state index contributed by atoms with van der Waals surface area (Å²) >= 11 is 12.0. The molecule has 4 rings (SSSR count). The van der Waals surface area contributed by atoms with E-state index in [0.29, 0.717) is 16.3 Å². The summed E-state index contributed by atoms with van der Waals surface area (Å²) in [4.78, 5) is 12.6. The monoisotopic (exact) mass is 498 g/mol. The van der Waals surface area contributed by atoms with Gasteiger partial charge in [0.15, 0.2) is 11.7 Å². The molecule has 1 aliphatic heterocycles. The predicted molar refractivity (Wildman–Crippen MR) is 119 cm³/mol. The topological polar surface area (TPSA) is 68.2 Å². The van der Waals surface area contributed by atoms with Gasteiger partial charge in [-0.3, -0.25) is 4.79 Å². The Hall–Kier alpha value is -2.91. The largest absolute Gasteiger partial charge is 0.497 e. The van der Waals surface area contributed by atoms with Crippen LogP contribution >= 0.6 is 23.2 Å². The second-order valence-electron chi connectivity index (χ2n) is 7.55. The number of rotatable bonds is 5. The highest BCUT2D eigenvalue weighted by atomic mass is 35.5. The summed E-state index contributed by atoms with van der Waals surface area (Å²) in [6, 6.07) is 10.5. The number of carbonyl (C=O) groups excluding carboxylic acids is 1. The van der Waals surface area contributed by atoms with Gasteiger partial charge in [0.05, 0.1) is 23.2 Å². The molecule has 33 heavy (non-hydrogen) atoms. The third-order valence-electron chi connectivity index (χ3n) is 5.38. The number of fused-ring (bicyclic) bond motifs is 1. The molecule has 11 heteroatoms. The van der Waals surface area contributed by atoms with Gasteiger partial charge in [-0.05, 0) is 35.4 Å². The minimum atomic E-state index is -4.56. The van der Waals surface area contributed by atoms with Crippen molar-refractivity contribution in [2.45, 2.75) is 31.2 Å². The lowest BCUT2D eigenvalue weighted by Crippen LogP contribution is -2.35. The maximum Gasteiger partial charge on any atom is 0.410 e. The van der Waals surface area contributed by atoms with Crippen LogP contribution in [0.2, 0.25) is 10.0 Å². The standard InChI is InChI=1S/C22H19Cl2F3N4O2/c1-33-14-5-2-12(3-6-14)11-28-21(32)18-10-20-29-17(13-4-7-15(23)16(24)8-13)9-19(22(25,26)27)31(20)30-18/h2-8,10,17,19,29H,9,11H2,1H3,(H,28,32)/t17-,19+/m1/s1. The number of amides is 1. The van der Waals surface area contributed by atoms with Gasteiger partial charge in [-0.25, -0.2) is 4.68 Å². The van der Waals surface area contributed by atoms with Crippen molar-refractivity contribution >= 4 is 34.9 Å². The number of aromatic nitrogens is 2. The van der Waals surface area contributed by atoms with Gasteiger partial charge < -0.3 is 15.4 Å². The summed E-state index contributed by atoms with van der Waals surface area (Å²) in [5.41, 5.74) is 1.24. The molecule has 0 radical (unpaired) electrons. The normalized spacial score (nSPS) is 17.8. The summed E-state index contributed by atoms with van der Waals surface area (Å²) in [6.45, 7) is 0.188. The Morgan fingerprint density at radius 1 is 1.18 bits per heavy atom. The van der Waals surface area contributed by atoms with Crippen molar-refractivity contribution in [3.8, 4) is 5.75 Å². The maximum atomic E-state index is 13.8. The Kier molecular flexibility index (Phi) is 6.45. The van der Waals surface area contributed by atoms with Crippen LogP contribution in [-0.4, -0.2) is 29.0 Å². The third kappa shape index (κ3) is 5.04. The molecule has 2 atom stereocenters. The maximum absolute atomic E-state index is 13.8. The van der Waals surface area contributed by atoms with E-state index in [4.69, 9.17) is 27.9 Å². The molecule has 0 aliphatic carbocycles. The lowest BCUT2D eigenvalue weighted by atomic mass is 9.97. The Bertz CT molecular complexity index is 1170. The average Bonchev–Trinajstić information content (AvgIpc) is 3.22. The number of ether oxygens (including phenoxy) is 1. The van der Waals surface area contributed by atoms with E-state index in [9.17, 15) is 18.0 Å². The molecular weight excluding hydrogens is 480 g/mol. The van der Waals surface area contributed by atoms with E-state index >= 15 is 0 Å². The van der Waals surface area contributed by atoms with Crippen molar-refractivity contribution in [1.29, 1.82) is 0 Å².